The Morgan fingerprint density at radius 1 is 1.16 bits per heavy atom. The minimum absolute atomic E-state index is 0.323. The van der Waals surface area contributed by atoms with Gasteiger partial charge in [0.25, 0.3) is 0 Å². The van der Waals surface area contributed by atoms with Crippen LogP contribution in [0.2, 0.25) is 0 Å². The first-order valence-electron chi connectivity index (χ1n) is 7.43. The molecule has 3 aromatic rings. The van der Waals surface area contributed by atoms with Crippen LogP contribution in [0.15, 0.2) is 52.9 Å². The monoisotopic (exact) mass is 357 g/mol. The molecule has 7 heteroatoms. The maximum Gasteiger partial charge on any atom is 0.203 e. The smallest absolute Gasteiger partial charge is 0.203 e. The number of aromatic nitrogens is 1. The van der Waals surface area contributed by atoms with Crippen LogP contribution >= 0.6 is 11.3 Å². The Hall–Kier alpha value is -2.93. The number of rotatable bonds is 6. The molecule has 5 nitrogen and oxygen atoms in total. The minimum Gasteiger partial charge on any atom is -0.497 e. The average molecular weight is 357 g/mol. The van der Waals surface area contributed by atoms with Gasteiger partial charge in [-0.05, 0) is 18.2 Å². The summed E-state index contributed by atoms with van der Waals surface area (Å²) in [4.78, 5) is 4.48. The molecule has 0 radical (unpaired) electrons. The predicted octanol–water partition coefficient (Wildman–Crippen LogP) is 4.41. The second kappa shape index (κ2) is 7.76. The third-order valence-corrected chi connectivity index (χ3v) is 4.20. The number of methoxy groups -OCH3 is 2. The fourth-order valence-corrected chi connectivity index (χ4v) is 2.86. The van der Waals surface area contributed by atoms with E-state index in [1.165, 1.54) is 23.6 Å². The van der Waals surface area contributed by atoms with Crippen LogP contribution < -0.4 is 14.9 Å². The summed E-state index contributed by atoms with van der Waals surface area (Å²) in [5.41, 5.74) is 4.83. The highest BCUT2D eigenvalue weighted by Gasteiger charge is 2.11. The molecule has 1 heterocycles. The van der Waals surface area contributed by atoms with Gasteiger partial charge < -0.3 is 9.47 Å². The van der Waals surface area contributed by atoms with E-state index in [-0.39, 0.29) is 5.82 Å². The highest BCUT2D eigenvalue weighted by Crippen LogP contribution is 2.34. The molecule has 0 fully saturated rings. The molecule has 0 aliphatic rings. The largest absolute Gasteiger partial charge is 0.497 e. The number of nitrogens with zero attached hydrogens (tertiary/aromatic N) is 2. The number of ether oxygens (including phenoxy) is 2. The fraction of sp³-hybridized carbons (Fsp3) is 0.111. The zero-order valence-electron chi connectivity index (χ0n) is 13.7. The molecule has 0 amide bonds. The van der Waals surface area contributed by atoms with Crippen molar-refractivity contribution < 1.29 is 13.9 Å². The average Bonchev–Trinajstić information content (AvgIpc) is 3.11. The second-order valence-electron chi connectivity index (χ2n) is 5.00. The first-order valence-corrected chi connectivity index (χ1v) is 8.30. The predicted molar refractivity (Wildman–Crippen MR) is 98.3 cm³/mol. The van der Waals surface area contributed by atoms with Crippen LogP contribution in [-0.4, -0.2) is 25.4 Å². The van der Waals surface area contributed by atoms with Gasteiger partial charge in [0.2, 0.25) is 5.13 Å². The lowest BCUT2D eigenvalue weighted by Gasteiger charge is -2.08. The molecule has 0 aliphatic heterocycles. The van der Waals surface area contributed by atoms with Crippen LogP contribution in [0.1, 0.15) is 5.56 Å². The van der Waals surface area contributed by atoms with Crippen molar-refractivity contribution in [2.45, 2.75) is 0 Å². The van der Waals surface area contributed by atoms with E-state index in [1.807, 2.05) is 17.5 Å². The van der Waals surface area contributed by atoms with Gasteiger partial charge in [-0.1, -0.05) is 18.2 Å². The van der Waals surface area contributed by atoms with E-state index in [4.69, 9.17) is 9.47 Å². The molecule has 0 bridgehead atoms. The van der Waals surface area contributed by atoms with Crippen molar-refractivity contribution >= 4 is 22.7 Å². The van der Waals surface area contributed by atoms with Crippen LogP contribution in [0.4, 0.5) is 9.52 Å². The summed E-state index contributed by atoms with van der Waals surface area (Å²) in [7, 11) is 3.20. The quantitative estimate of drug-likeness (QED) is 0.524. The van der Waals surface area contributed by atoms with Gasteiger partial charge in [-0.15, -0.1) is 11.3 Å². The molecule has 2 aromatic carbocycles. The lowest BCUT2D eigenvalue weighted by molar-refractivity contribution is 0.395. The topological polar surface area (TPSA) is 55.7 Å². The highest BCUT2D eigenvalue weighted by atomic mass is 32.1. The van der Waals surface area contributed by atoms with Gasteiger partial charge in [0.15, 0.2) is 0 Å². The van der Waals surface area contributed by atoms with E-state index in [2.05, 4.69) is 15.5 Å². The van der Waals surface area contributed by atoms with Crippen LogP contribution in [0.3, 0.4) is 0 Å². The SMILES string of the molecule is COc1ccc(-c2csc(N/N=C\c3ccccc3F)n2)c(OC)c1. The van der Waals surface area contributed by atoms with Crippen molar-refractivity contribution in [3.05, 3.63) is 59.2 Å². The summed E-state index contributed by atoms with van der Waals surface area (Å²) >= 11 is 1.40. The van der Waals surface area contributed by atoms with Crippen molar-refractivity contribution in [1.29, 1.82) is 0 Å². The van der Waals surface area contributed by atoms with Gasteiger partial charge in [-0.3, -0.25) is 5.43 Å². The third-order valence-electron chi connectivity index (χ3n) is 3.46. The lowest BCUT2D eigenvalue weighted by atomic mass is 10.1. The van der Waals surface area contributed by atoms with Gasteiger partial charge >= 0.3 is 0 Å². The Balaban J connectivity index is 1.76. The molecule has 1 N–H and O–H groups in total. The van der Waals surface area contributed by atoms with E-state index < -0.39 is 0 Å². The maximum atomic E-state index is 13.5. The summed E-state index contributed by atoms with van der Waals surface area (Å²) in [6.45, 7) is 0. The van der Waals surface area contributed by atoms with E-state index in [9.17, 15) is 4.39 Å². The first-order chi connectivity index (χ1) is 12.2. The molecule has 1 aromatic heterocycles. The summed E-state index contributed by atoms with van der Waals surface area (Å²) < 4.78 is 24.1. The van der Waals surface area contributed by atoms with Gasteiger partial charge in [-0.25, -0.2) is 9.37 Å². The molecule has 0 saturated heterocycles. The van der Waals surface area contributed by atoms with Gasteiger partial charge in [0, 0.05) is 22.6 Å². The number of benzene rings is 2. The second-order valence-corrected chi connectivity index (χ2v) is 5.85. The Kier molecular flexibility index (Phi) is 5.25. The molecule has 3 rings (SSSR count). The number of thiazole rings is 1. The van der Waals surface area contributed by atoms with Crippen molar-refractivity contribution in [3.8, 4) is 22.8 Å². The fourth-order valence-electron chi connectivity index (χ4n) is 2.20. The Labute approximate surface area is 148 Å². The standard InChI is InChI=1S/C18H16FN3O2S/c1-23-13-7-8-14(17(9-13)24-2)16-11-25-18(21-16)22-20-10-12-5-3-4-6-15(12)19/h3-11H,1-2H3,(H,21,22)/b20-10-. The number of hydrogen-bond acceptors (Lipinski definition) is 6. The number of halogens is 1. The Bertz CT molecular complexity index is 896. The van der Waals surface area contributed by atoms with Crippen molar-refractivity contribution in [1.82, 2.24) is 4.98 Å². The molecular weight excluding hydrogens is 341 g/mol. The Morgan fingerprint density at radius 3 is 2.76 bits per heavy atom. The molecule has 0 saturated carbocycles. The van der Waals surface area contributed by atoms with E-state index in [0.29, 0.717) is 22.2 Å². The van der Waals surface area contributed by atoms with Gasteiger partial charge in [0.1, 0.15) is 17.3 Å². The molecular formula is C18H16FN3O2S. The van der Waals surface area contributed by atoms with E-state index >= 15 is 0 Å². The molecule has 0 unspecified atom stereocenters. The van der Waals surface area contributed by atoms with Crippen molar-refractivity contribution in [2.75, 3.05) is 19.6 Å². The number of nitrogens with one attached hydrogen (secondary N) is 1. The van der Waals surface area contributed by atoms with Crippen LogP contribution in [0.25, 0.3) is 11.3 Å². The van der Waals surface area contributed by atoms with Crippen LogP contribution in [0.5, 0.6) is 11.5 Å². The lowest BCUT2D eigenvalue weighted by Crippen LogP contribution is -1.93. The zero-order chi connectivity index (χ0) is 17.6. The molecule has 128 valence electrons. The normalized spacial score (nSPS) is 10.8. The molecule has 25 heavy (non-hydrogen) atoms. The maximum absolute atomic E-state index is 13.5. The summed E-state index contributed by atoms with van der Waals surface area (Å²) in [5, 5.41) is 6.52. The third kappa shape index (κ3) is 3.95. The van der Waals surface area contributed by atoms with Crippen LogP contribution in [0, 0.1) is 5.82 Å². The van der Waals surface area contributed by atoms with Crippen molar-refractivity contribution in [2.24, 2.45) is 5.10 Å². The van der Waals surface area contributed by atoms with E-state index in [1.54, 1.807) is 38.5 Å². The number of anilines is 1. The summed E-state index contributed by atoms with van der Waals surface area (Å²) in [5.74, 6) is 1.06. The van der Waals surface area contributed by atoms with Crippen molar-refractivity contribution in [3.63, 3.8) is 0 Å². The number of hydrazone groups is 1. The van der Waals surface area contributed by atoms with Gasteiger partial charge in [-0.2, -0.15) is 5.10 Å². The molecule has 0 aliphatic carbocycles. The number of hydrogen-bond donors (Lipinski definition) is 1. The molecule has 0 atom stereocenters. The van der Waals surface area contributed by atoms with Gasteiger partial charge in [0.05, 0.1) is 26.1 Å². The van der Waals surface area contributed by atoms with E-state index in [0.717, 1.165) is 11.3 Å². The summed E-state index contributed by atoms with van der Waals surface area (Å²) in [6, 6.07) is 12.0. The molecule has 0 spiro atoms. The highest BCUT2D eigenvalue weighted by molar-refractivity contribution is 7.14. The van der Waals surface area contributed by atoms with Crippen LogP contribution in [-0.2, 0) is 0 Å². The first kappa shape index (κ1) is 16.9. The Morgan fingerprint density at radius 2 is 2.00 bits per heavy atom. The minimum atomic E-state index is -0.323. The zero-order valence-corrected chi connectivity index (χ0v) is 14.5. The summed E-state index contributed by atoms with van der Waals surface area (Å²) in [6.07, 6.45) is 1.42.